The van der Waals surface area contributed by atoms with Crippen LogP contribution in [-0.4, -0.2) is 202 Å². The highest BCUT2D eigenvalue weighted by Gasteiger charge is 2.49. The molecule has 35 nitrogen and oxygen atoms in total. The number of nitrogens with two attached hydrogens (primary N) is 2. The lowest BCUT2D eigenvalue weighted by atomic mass is 9.90. The Morgan fingerprint density at radius 3 is 1.96 bits per heavy atom. The lowest BCUT2D eigenvalue weighted by molar-refractivity contribution is -0.320. The van der Waals surface area contributed by atoms with Crippen LogP contribution in [0.3, 0.4) is 0 Å². The number of hydrogen-bond acceptors (Lipinski definition) is 26. The van der Waals surface area contributed by atoms with Crippen LogP contribution in [-0.2, 0) is 62.1 Å². The Balaban J connectivity index is 1.37. The van der Waals surface area contributed by atoms with Gasteiger partial charge in [0.05, 0.1) is 47.8 Å². The van der Waals surface area contributed by atoms with E-state index >= 15 is 9.59 Å². The highest BCUT2D eigenvalue weighted by molar-refractivity contribution is 6.32. The zero-order valence-electron chi connectivity index (χ0n) is 60.5. The number of carbonyl (C=O) groups is 9. The summed E-state index contributed by atoms with van der Waals surface area (Å²) in [6.45, 7) is 10.3. The van der Waals surface area contributed by atoms with E-state index < -0.39 is 249 Å². The molecule has 0 aliphatic carbocycles. The average Bonchev–Trinajstić information content (AvgIpc) is 0.771. The molecule has 5 aliphatic heterocycles. The Bertz CT molecular complexity index is 4230. The number of phenolic OH excluding ortho intramolecular Hbond substituents is 3. The fourth-order valence-corrected chi connectivity index (χ4v) is 12.8. The van der Waals surface area contributed by atoms with Crippen molar-refractivity contribution in [1.29, 1.82) is 0 Å². The van der Waals surface area contributed by atoms with Gasteiger partial charge in [-0.2, -0.15) is 0 Å². The van der Waals surface area contributed by atoms with Gasteiger partial charge in [0.1, 0.15) is 77.3 Å². The minimum atomic E-state index is -2.35. The summed E-state index contributed by atoms with van der Waals surface area (Å²) < 4.78 is 44.0. The smallest absolute Gasteiger partial charge is 0.334 e. The van der Waals surface area contributed by atoms with Gasteiger partial charge >= 0.3 is 11.9 Å². The molecule has 21 N–H and O–H groups in total. The Kier molecular flexibility index (Phi) is 29.1. The summed E-state index contributed by atoms with van der Waals surface area (Å²) in [7, 11) is 0. The maximum Gasteiger partial charge on any atom is 0.334 e. The number of benzene rings is 5. The molecule has 16 atom stereocenters. The maximum absolute atomic E-state index is 15.8. The van der Waals surface area contributed by atoms with E-state index in [1.807, 2.05) is 20.8 Å². The zero-order valence-corrected chi connectivity index (χ0v) is 62.1. The van der Waals surface area contributed by atoms with Gasteiger partial charge in [0.15, 0.2) is 36.0 Å². The molecule has 5 aromatic carbocycles. The minimum Gasteiger partial charge on any atom is -0.508 e. The molecule has 7 amide bonds. The molecule has 5 heterocycles. The van der Waals surface area contributed by atoms with Crippen LogP contribution < -0.4 is 57.6 Å². The fourth-order valence-electron chi connectivity index (χ4n) is 12.3. The predicted octanol–water partition coefficient (Wildman–Crippen LogP) is 2.82. The number of hydrogen-bond donors (Lipinski definition) is 19. The van der Waals surface area contributed by atoms with Crippen molar-refractivity contribution in [1.82, 2.24) is 31.9 Å². The van der Waals surface area contributed by atoms with E-state index in [1.165, 1.54) is 26.0 Å². The van der Waals surface area contributed by atoms with Crippen molar-refractivity contribution in [3.05, 3.63) is 117 Å². The number of aromatic hydroxyl groups is 3. The van der Waals surface area contributed by atoms with Crippen LogP contribution >= 0.6 is 23.2 Å². The molecule has 1 fully saturated rings. The number of aliphatic hydroxyl groups is 6. The third-order valence-electron chi connectivity index (χ3n) is 18.3. The third kappa shape index (κ3) is 21.2. The Hall–Kier alpha value is -9.73. The van der Waals surface area contributed by atoms with Gasteiger partial charge in [-0.05, 0) is 123 Å². The van der Waals surface area contributed by atoms with Crippen molar-refractivity contribution < 1.29 is 132 Å². The van der Waals surface area contributed by atoms with Crippen LogP contribution in [0.25, 0.3) is 11.1 Å². The van der Waals surface area contributed by atoms with E-state index in [9.17, 15) is 89.7 Å². The van der Waals surface area contributed by atoms with Crippen LogP contribution in [0.4, 0.5) is 0 Å². The minimum absolute atomic E-state index is 0.0317. The normalized spacial score (nSPS) is 23.7. The highest BCUT2D eigenvalue weighted by Crippen LogP contribution is 2.49. The second-order valence-electron chi connectivity index (χ2n) is 27.6. The van der Waals surface area contributed by atoms with Crippen LogP contribution in [0.15, 0.2) is 78.9 Å². The van der Waals surface area contributed by atoms with Gasteiger partial charge in [0.2, 0.25) is 53.4 Å². The highest BCUT2D eigenvalue weighted by atomic mass is 35.5. The van der Waals surface area contributed by atoms with Crippen molar-refractivity contribution in [2.75, 3.05) is 19.8 Å². The van der Waals surface area contributed by atoms with Gasteiger partial charge < -0.3 is 133 Å². The van der Waals surface area contributed by atoms with E-state index in [4.69, 9.17) is 67.8 Å². The molecule has 5 aromatic rings. The number of amides is 7. The van der Waals surface area contributed by atoms with E-state index in [0.29, 0.717) is 12.8 Å². The molecule has 0 spiro atoms. The van der Waals surface area contributed by atoms with Crippen molar-refractivity contribution in [2.24, 2.45) is 17.4 Å². The number of rotatable bonds is 25. The number of primary amides is 2. The largest absolute Gasteiger partial charge is 0.508 e. The molecule has 110 heavy (non-hydrogen) atoms. The molecule has 0 saturated carbocycles. The molecule has 1 saturated heterocycles. The topological polar surface area (TPSA) is 565 Å². The molecule has 10 unspecified atom stereocenters. The monoisotopic (exact) mass is 1580 g/mol. The number of halogens is 2. The second-order valence-corrected chi connectivity index (χ2v) is 28.4. The number of carbonyl (C=O) groups excluding carboxylic acids is 7. The van der Waals surface area contributed by atoms with E-state index in [2.05, 4.69) is 31.9 Å². The van der Waals surface area contributed by atoms with Gasteiger partial charge in [-0.25, -0.2) is 9.59 Å². The lowest BCUT2D eigenvalue weighted by Gasteiger charge is -2.43. The third-order valence-corrected chi connectivity index (χ3v) is 18.9. The summed E-state index contributed by atoms with van der Waals surface area (Å²) in [5.74, 6) is -17.1. The first kappa shape index (κ1) is 85.9. The first-order valence-corrected chi connectivity index (χ1v) is 35.6. The number of carboxylic acids is 2. The fraction of sp³-hybridized carbons (Fsp3) is 0.466. The SMILES string of the molecule is CCCCOC(CNC(C)(C)C(O)C(C)OC(C)OC1C(Oc2c3cc4cc2Oc2ccc(cc2Cl)[C@@H](O)CC(=O)N[C@@H](C(=O)O)c2cc(O)cc(O)c2-c2cc(ccc2O)[C@H](C(N)=O)NC(=O)[C@@H]4NC(=O)[C@H](CC(N)=O)NC(=O)C(NC(=O)CCC(C)C)[C@H](O)c2ccc(c(Cl)c2)O3)OC(CO)C(O)C1O)C(=O)O. The average molecular weight is 1580 g/mol. The number of aliphatic hydroxyl groups excluding tert-OH is 6. The number of aliphatic carboxylic acids is 2. The summed E-state index contributed by atoms with van der Waals surface area (Å²) >= 11 is 14.1. The quantitative estimate of drug-likeness (QED) is 0.0295. The van der Waals surface area contributed by atoms with E-state index in [1.54, 1.807) is 13.8 Å². The summed E-state index contributed by atoms with van der Waals surface area (Å²) in [5, 5.41) is 138. The van der Waals surface area contributed by atoms with Gasteiger partial charge in [-0.15, -0.1) is 0 Å². The van der Waals surface area contributed by atoms with Crippen molar-refractivity contribution >= 4 is 76.5 Å². The molecule has 0 radical (unpaired) electrons. The van der Waals surface area contributed by atoms with E-state index in [0.717, 1.165) is 73.2 Å². The number of fused-ring (bicyclic) bond motifs is 16. The van der Waals surface area contributed by atoms with Gasteiger partial charge in [-0.3, -0.25) is 33.6 Å². The lowest BCUT2D eigenvalue weighted by Crippen LogP contribution is -2.62. The van der Waals surface area contributed by atoms with Crippen molar-refractivity contribution in [3.8, 4) is 57.1 Å². The maximum atomic E-state index is 15.8. The number of carboxylic acid groups (broad SMARTS) is 2. The van der Waals surface area contributed by atoms with Crippen LogP contribution in [0, 0.1) is 5.92 Å². The molecule has 9 bridgehead atoms. The van der Waals surface area contributed by atoms with Gasteiger partial charge in [0.25, 0.3) is 0 Å². The standard InChI is InChI=1S/C73H90Cl2N8O27/c1-8-9-18-104-50(70(100)101)28-78-73(6,7)65(95)31(4)105-32(5)106-64-62(94)61(93)51(29-84)109-72(64)110-63-48-22-36-23-49(63)108-47-16-13-35(21-41(47)75)60(92)59(80-53(90)17-10-30(2)3)69(99)79-42(26-52(76)89)67(97)83-57(36)68(98)82-56(66(77)96)34-11-14-43(86)38(19-34)55-39(24-37(85)25-45(55)88)58(71(102)103)81-54(91)27-44(87)33-12-15-46(107-48)40(74)20-33/h11-16,19-25,30-32,42,44,50-51,56-62,64-65,72,78,84-88,92-95H,8-10,17-18,26-29H2,1-7H3,(H2,76,89)(H2,77,96)(H,79,99)(H,80,90)(H,81,91)(H,82,98)(H,83,97)(H,100,101)(H,102,103)/t31?,32?,42-,44-,50?,51?,56+,57+,58+,59?,60+,61?,62?,64?,65?,72?/m0/s1. The molecular weight excluding hydrogens is 1490 g/mol. The molecule has 5 aliphatic rings. The van der Waals surface area contributed by atoms with Crippen LogP contribution in [0.1, 0.15) is 145 Å². The Morgan fingerprint density at radius 2 is 1.37 bits per heavy atom. The van der Waals surface area contributed by atoms with Crippen LogP contribution in [0.5, 0.6) is 46.0 Å². The molecule has 598 valence electrons. The number of unbranched alkanes of at least 4 members (excludes halogenated alkanes) is 1. The second kappa shape index (κ2) is 37.3. The summed E-state index contributed by atoms with van der Waals surface area (Å²) in [6.07, 6.45) is -19.8. The molecule has 37 heteroatoms. The van der Waals surface area contributed by atoms with E-state index in [-0.39, 0.29) is 47.9 Å². The Morgan fingerprint density at radius 1 is 0.736 bits per heavy atom. The number of ether oxygens (including phenoxy) is 7. The summed E-state index contributed by atoms with van der Waals surface area (Å²) in [5.41, 5.74) is 7.59. The predicted molar refractivity (Wildman–Crippen MR) is 386 cm³/mol. The first-order chi connectivity index (χ1) is 51.8. The number of nitrogens with one attached hydrogen (secondary N) is 6. The molecule has 10 rings (SSSR count). The van der Waals surface area contributed by atoms with Crippen molar-refractivity contribution in [3.63, 3.8) is 0 Å². The van der Waals surface area contributed by atoms with Crippen LogP contribution in [0.2, 0.25) is 10.0 Å². The zero-order chi connectivity index (χ0) is 81.1. The summed E-state index contributed by atoms with van der Waals surface area (Å²) in [6, 6.07) is 2.51. The molecule has 0 aromatic heterocycles. The Labute approximate surface area is 639 Å². The first-order valence-electron chi connectivity index (χ1n) is 34.9. The van der Waals surface area contributed by atoms with Gasteiger partial charge in [0, 0.05) is 47.9 Å². The summed E-state index contributed by atoms with van der Waals surface area (Å²) in [4.78, 5) is 126. The molecular formula is C73H90Cl2N8O27. The van der Waals surface area contributed by atoms with Crippen molar-refractivity contribution in [2.45, 2.75) is 190 Å². The number of phenols is 3. The van der Waals surface area contributed by atoms with Gasteiger partial charge in [-0.1, -0.05) is 68.6 Å².